The molecular formula is C13H16ClN5O2. The Morgan fingerprint density at radius 3 is 3.05 bits per heavy atom. The van der Waals surface area contributed by atoms with E-state index in [2.05, 4.69) is 15.6 Å². The third kappa shape index (κ3) is 3.93. The fourth-order valence-corrected chi connectivity index (χ4v) is 1.88. The van der Waals surface area contributed by atoms with Crippen molar-refractivity contribution in [2.24, 2.45) is 5.73 Å². The minimum absolute atomic E-state index is 0.200. The first-order valence-corrected chi connectivity index (χ1v) is 6.85. The maximum atomic E-state index is 12.1. The number of carbonyl (C=O) groups excluding carboxylic acids is 1. The molecule has 0 spiro atoms. The monoisotopic (exact) mass is 309 g/mol. The highest BCUT2D eigenvalue weighted by Crippen LogP contribution is 2.28. The largest absolute Gasteiger partial charge is 0.492 e. The van der Waals surface area contributed by atoms with Crippen LogP contribution in [0.15, 0.2) is 24.4 Å². The van der Waals surface area contributed by atoms with E-state index in [1.54, 1.807) is 18.2 Å². The van der Waals surface area contributed by atoms with Gasteiger partial charge in [0.15, 0.2) is 5.69 Å². The molecule has 0 radical (unpaired) electrons. The predicted molar refractivity (Wildman–Crippen MR) is 79.7 cm³/mol. The topological polar surface area (TPSA) is 95.1 Å². The van der Waals surface area contributed by atoms with Crippen molar-refractivity contribution < 1.29 is 9.53 Å². The number of carbonyl (C=O) groups is 1. The minimum atomic E-state index is -0.388. The molecule has 0 aliphatic carbocycles. The Bertz CT molecular complexity index is 629. The summed E-state index contributed by atoms with van der Waals surface area (Å²) >= 11 is 5.94. The summed E-state index contributed by atoms with van der Waals surface area (Å²) in [5.41, 5.74) is 6.11. The molecule has 0 aliphatic rings. The second-order valence-electron chi connectivity index (χ2n) is 4.18. The number of ether oxygens (including phenoxy) is 1. The van der Waals surface area contributed by atoms with Gasteiger partial charge in [0.1, 0.15) is 5.75 Å². The van der Waals surface area contributed by atoms with Crippen molar-refractivity contribution in [2.45, 2.75) is 13.5 Å². The Morgan fingerprint density at radius 2 is 2.33 bits per heavy atom. The number of amides is 1. The number of nitrogens with one attached hydrogen (secondary N) is 1. The van der Waals surface area contributed by atoms with Gasteiger partial charge in [0.2, 0.25) is 0 Å². The number of benzene rings is 1. The molecule has 3 N–H and O–H groups in total. The molecule has 0 atom stereocenters. The standard InChI is InChI=1S/C13H16ClN5O2/c1-2-21-12-4-3-9(14)7-10(12)16-13(20)11-8-19(6-5-15)18-17-11/h3-4,7-8H,2,5-6,15H2,1H3,(H,16,20). The zero-order valence-corrected chi connectivity index (χ0v) is 12.3. The van der Waals surface area contributed by atoms with E-state index in [-0.39, 0.29) is 11.6 Å². The van der Waals surface area contributed by atoms with E-state index in [4.69, 9.17) is 22.1 Å². The molecule has 0 aliphatic heterocycles. The van der Waals surface area contributed by atoms with Crippen LogP contribution in [0.2, 0.25) is 5.02 Å². The number of aromatic nitrogens is 3. The van der Waals surface area contributed by atoms with E-state index in [0.29, 0.717) is 36.2 Å². The van der Waals surface area contributed by atoms with Crippen molar-refractivity contribution in [1.29, 1.82) is 0 Å². The third-order valence-corrected chi connectivity index (χ3v) is 2.85. The molecule has 0 fully saturated rings. The van der Waals surface area contributed by atoms with Crippen LogP contribution in [0.5, 0.6) is 5.75 Å². The predicted octanol–water partition coefficient (Wildman–Crippen LogP) is 1.54. The normalized spacial score (nSPS) is 10.4. The van der Waals surface area contributed by atoms with E-state index in [9.17, 15) is 4.79 Å². The van der Waals surface area contributed by atoms with Gasteiger partial charge in [-0.3, -0.25) is 9.48 Å². The smallest absolute Gasteiger partial charge is 0.277 e. The zero-order chi connectivity index (χ0) is 15.2. The van der Waals surface area contributed by atoms with E-state index >= 15 is 0 Å². The van der Waals surface area contributed by atoms with Crippen LogP contribution in [-0.4, -0.2) is 34.1 Å². The molecular weight excluding hydrogens is 294 g/mol. The average molecular weight is 310 g/mol. The molecule has 2 rings (SSSR count). The van der Waals surface area contributed by atoms with Gasteiger partial charge in [0.25, 0.3) is 5.91 Å². The number of hydrogen-bond donors (Lipinski definition) is 2. The van der Waals surface area contributed by atoms with Gasteiger partial charge in [-0.25, -0.2) is 0 Å². The van der Waals surface area contributed by atoms with Crippen LogP contribution >= 0.6 is 11.6 Å². The average Bonchev–Trinajstić information content (AvgIpc) is 2.91. The van der Waals surface area contributed by atoms with Gasteiger partial charge in [-0.15, -0.1) is 5.10 Å². The molecule has 1 heterocycles. The van der Waals surface area contributed by atoms with Gasteiger partial charge < -0.3 is 15.8 Å². The Kier molecular flexibility index (Phi) is 5.13. The first-order valence-electron chi connectivity index (χ1n) is 6.48. The number of hydrogen-bond acceptors (Lipinski definition) is 5. The van der Waals surface area contributed by atoms with Crippen LogP contribution in [0.1, 0.15) is 17.4 Å². The first kappa shape index (κ1) is 15.3. The molecule has 0 saturated carbocycles. The molecule has 1 aromatic heterocycles. The Labute approximate surface area is 127 Å². The van der Waals surface area contributed by atoms with Crippen molar-refractivity contribution in [1.82, 2.24) is 15.0 Å². The molecule has 8 heteroatoms. The summed E-state index contributed by atoms with van der Waals surface area (Å²) in [6.07, 6.45) is 1.53. The highest BCUT2D eigenvalue weighted by atomic mass is 35.5. The fraction of sp³-hybridized carbons (Fsp3) is 0.308. The number of anilines is 1. The van der Waals surface area contributed by atoms with E-state index in [1.807, 2.05) is 6.92 Å². The van der Waals surface area contributed by atoms with Crippen molar-refractivity contribution in [2.75, 3.05) is 18.5 Å². The summed E-state index contributed by atoms with van der Waals surface area (Å²) in [6, 6.07) is 5.02. The van der Waals surface area contributed by atoms with Gasteiger partial charge in [-0.2, -0.15) is 0 Å². The molecule has 1 aromatic carbocycles. The summed E-state index contributed by atoms with van der Waals surface area (Å²) in [5, 5.41) is 10.8. The zero-order valence-electron chi connectivity index (χ0n) is 11.5. The molecule has 0 unspecified atom stereocenters. The molecule has 2 aromatic rings. The van der Waals surface area contributed by atoms with Gasteiger partial charge in [0.05, 0.1) is 25.0 Å². The fourth-order valence-electron chi connectivity index (χ4n) is 1.71. The van der Waals surface area contributed by atoms with Crippen LogP contribution < -0.4 is 15.8 Å². The lowest BCUT2D eigenvalue weighted by Gasteiger charge is -2.10. The van der Waals surface area contributed by atoms with Gasteiger partial charge in [0, 0.05) is 11.6 Å². The highest BCUT2D eigenvalue weighted by Gasteiger charge is 2.14. The molecule has 7 nitrogen and oxygen atoms in total. The quantitative estimate of drug-likeness (QED) is 0.844. The summed E-state index contributed by atoms with van der Waals surface area (Å²) < 4.78 is 6.95. The SMILES string of the molecule is CCOc1ccc(Cl)cc1NC(=O)c1cn(CCN)nn1. The molecule has 21 heavy (non-hydrogen) atoms. The second kappa shape index (κ2) is 7.05. The number of rotatable bonds is 6. The lowest BCUT2D eigenvalue weighted by atomic mass is 10.2. The highest BCUT2D eigenvalue weighted by molar-refractivity contribution is 6.31. The Morgan fingerprint density at radius 1 is 1.52 bits per heavy atom. The van der Waals surface area contributed by atoms with Crippen LogP contribution in [0.3, 0.4) is 0 Å². The van der Waals surface area contributed by atoms with Crippen LogP contribution in [0.25, 0.3) is 0 Å². The maximum absolute atomic E-state index is 12.1. The van der Waals surface area contributed by atoms with E-state index < -0.39 is 0 Å². The third-order valence-electron chi connectivity index (χ3n) is 2.62. The van der Waals surface area contributed by atoms with E-state index in [1.165, 1.54) is 10.9 Å². The molecule has 0 saturated heterocycles. The minimum Gasteiger partial charge on any atom is -0.492 e. The van der Waals surface area contributed by atoms with Crippen LogP contribution in [0.4, 0.5) is 5.69 Å². The Hall–Kier alpha value is -2.12. The van der Waals surface area contributed by atoms with Crippen LogP contribution in [0, 0.1) is 0 Å². The number of halogens is 1. The van der Waals surface area contributed by atoms with Crippen molar-refractivity contribution in [3.63, 3.8) is 0 Å². The molecule has 0 bridgehead atoms. The number of nitrogens with zero attached hydrogens (tertiary/aromatic N) is 3. The van der Waals surface area contributed by atoms with Crippen molar-refractivity contribution in [3.05, 3.63) is 35.1 Å². The summed E-state index contributed by atoms with van der Waals surface area (Å²) in [4.78, 5) is 12.1. The van der Waals surface area contributed by atoms with E-state index in [0.717, 1.165) is 0 Å². The summed E-state index contributed by atoms with van der Waals surface area (Å²) in [5.74, 6) is 0.158. The lowest BCUT2D eigenvalue weighted by Crippen LogP contribution is -2.14. The van der Waals surface area contributed by atoms with Gasteiger partial charge in [-0.05, 0) is 25.1 Å². The second-order valence-corrected chi connectivity index (χ2v) is 4.62. The van der Waals surface area contributed by atoms with Crippen molar-refractivity contribution >= 4 is 23.2 Å². The van der Waals surface area contributed by atoms with Crippen LogP contribution in [-0.2, 0) is 6.54 Å². The molecule has 1 amide bonds. The van der Waals surface area contributed by atoms with Gasteiger partial charge >= 0.3 is 0 Å². The Balaban J connectivity index is 2.16. The summed E-state index contributed by atoms with van der Waals surface area (Å²) in [7, 11) is 0. The molecule has 112 valence electrons. The summed E-state index contributed by atoms with van der Waals surface area (Å²) in [6.45, 7) is 3.27. The first-order chi connectivity index (χ1) is 10.1. The van der Waals surface area contributed by atoms with Crippen molar-refractivity contribution in [3.8, 4) is 5.75 Å². The lowest BCUT2D eigenvalue weighted by molar-refractivity contribution is 0.102. The maximum Gasteiger partial charge on any atom is 0.277 e. The number of nitrogens with two attached hydrogens (primary N) is 1. The van der Waals surface area contributed by atoms with Gasteiger partial charge in [-0.1, -0.05) is 16.8 Å².